The lowest BCUT2D eigenvalue weighted by Gasteiger charge is -2.20. The number of aryl methyl sites for hydroxylation is 1. The number of carbonyl (C=O) groups is 1. The third-order valence-corrected chi connectivity index (χ3v) is 6.17. The predicted octanol–water partition coefficient (Wildman–Crippen LogP) is 5.88. The zero-order chi connectivity index (χ0) is 21.5. The van der Waals surface area contributed by atoms with Crippen molar-refractivity contribution in [2.24, 2.45) is 0 Å². The lowest BCUT2D eigenvalue weighted by atomic mass is 10.0. The average Bonchev–Trinajstić information content (AvgIpc) is 3.00. The molecule has 2 heterocycles. The number of halogens is 2. The first kappa shape index (κ1) is 19.9. The Kier molecular flexibility index (Phi) is 5.08. The molecule has 4 aromatic rings. The van der Waals surface area contributed by atoms with E-state index in [4.69, 9.17) is 27.9 Å². The summed E-state index contributed by atoms with van der Waals surface area (Å²) in [6.45, 7) is 3.31. The van der Waals surface area contributed by atoms with E-state index in [0.717, 1.165) is 39.3 Å². The number of aromatic amines is 1. The minimum Gasteiger partial charge on any atom is -0.491 e. The second-order valence-electron chi connectivity index (χ2n) is 7.58. The number of fused-ring (bicyclic) bond motifs is 2. The summed E-state index contributed by atoms with van der Waals surface area (Å²) in [6.07, 6.45) is 0. The van der Waals surface area contributed by atoms with Gasteiger partial charge >= 0.3 is 0 Å². The molecule has 5 nitrogen and oxygen atoms in total. The van der Waals surface area contributed by atoms with Gasteiger partial charge in [-0.3, -0.25) is 4.79 Å². The maximum Gasteiger partial charge on any atom is 0.254 e. The molecule has 3 aromatic carbocycles. The van der Waals surface area contributed by atoms with Gasteiger partial charge in [-0.2, -0.15) is 0 Å². The van der Waals surface area contributed by atoms with Crippen molar-refractivity contribution in [3.63, 3.8) is 0 Å². The number of nitrogens with zero attached hydrogens (tertiary/aromatic N) is 2. The Labute approximate surface area is 189 Å². The summed E-state index contributed by atoms with van der Waals surface area (Å²) >= 11 is 12.1. The van der Waals surface area contributed by atoms with Gasteiger partial charge in [-0.15, -0.1) is 0 Å². The Hall–Kier alpha value is -3.02. The van der Waals surface area contributed by atoms with E-state index in [1.165, 1.54) is 0 Å². The maximum absolute atomic E-state index is 13.1. The standard InChI is InChI=1S/C24H19Cl2N3O2/c1-14-27-21-6-3-16(12-22(21)28-14)15-4-7-23-18(10-15)13-29(8-9-31-23)24(30)17-2-5-19(25)20(26)11-17/h2-7,10-12H,8-9,13H2,1H3,(H,27,28). The van der Waals surface area contributed by atoms with Crippen LogP contribution in [0.4, 0.5) is 0 Å². The highest BCUT2D eigenvalue weighted by atomic mass is 35.5. The van der Waals surface area contributed by atoms with E-state index in [9.17, 15) is 4.79 Å². The SMILES string of the molecule is Cc1nc2ccc(-c3ccc4c(c3)CN(C(=O)c3ccc(Cl)c(Cl)c3)CCO4)cc2[nH]1. The van der Waals surface area contributed by atoms with Crippen molar-refractivity contribution in [3.05, 3.63) is 81.6 Å². The summed E-state index contributed by atoms with van der Waals surface area (Å²) in [7, 11) is 0. The van der Waals surface area contributed by atoms with E-state index in [1.54, 1.807) is 23.1 Å². The van der Waals surface area contributed by atoms with Crippen LogP contribution in [0.2, 0.25) is 10.0 Å². The largest absolute Gasteiger partial charge is 0.491 e. The van der Waals surface area contributed by atoms with Crippen LogP contribution in [0.5, 0.6) is 5.75 Å². The van der Waals surface area contributed by atoms with Gasteiger partial charge in [-0.1, -0.05) is 35.3 Å². The van der Waals surface area contributed by atoms with E-state index in [1.807, 2.05) is 25.1 Å². The average molecular weight is 452 g/mol. The van der Waals surface area contributed by atoms with Gasteiger partial charge in [0.15, 0.2) is 0 Å². The molecule has 0 spiro atoms. The Morgan fingerprint density at radius 2 is 1.84 bits per heavy atom. The molecule has 0 bridgehead atoms. The lowest BCUT2D eigenvalue weighted by Crippen LogP contribution is -2.32. The van der Waals surface area contributed by atoms with Gasteiger partial charge < -0.3 is 14.6 Å². The molecule has 0 aliphatic carbocycles. The second-order valence-corrected chi connectivity index (χ2v) is 8.40. The van der Waals surface area contributed by atoms with Crippen molar-refractivity contribution in [1.29, 1.82) is 0 Å². The number of benzene rings is 3. The quantitative estimate of drug-likeness (QED) is 0.413. The predicted molar refractivity (Wildman–Crippen MR) is 123 cm³/mol. The van der Waals surface area contributed by atoms with E-state index < -0.39 is 0 Å². The van der Waals surface area contributed by atoms with E-state index in [2.05, 4.69) is 28.2 Å². The molecule has 1 aromatic heterocycles. The molecule has 1 aliphatic rings. The Balaban J connectivity index is 1.46. The number of rotatable bonds is 2. The molecule has 0 radical (unpaired) electrons. The monoisotopic (exact) mass is 451 g/mol. The number of ether oxygens (including phenoxy) is 1. The van der Waals surface area contributed by atoms with Gasteiger partial charge in [0.1, 0.15) is 18.2 Å². The molecule has 1 amide bonds. The molecule has 7 heteroatoms. The Bertz CT molecular complexity index is 1320. The van der Waals surface area contributed by atoms with Crippen LogP contribution in [0.1, 0.15) is 21.7 Å². The van der Waals surface area contributed by atoms with Crippen molar-refractivity contribution >= 4 is 40.1 Å². The first-order chi connectivity index (χ1) is 15.0. The molecule has 31 heavy (non-hydrogen) atoms. The van der Waals surface area contributed by atoms with Crippen LogP contribution in [-0.4, -0.2) is 33.9 Å². The highest BCUT2D eigenvalue weighted by molar-refractivity contribution is 6.42. The minimum atomic E-state index is -0.102. The number of hydrogen-bond acceptors (Lipinski definition) is 3. The number of hydrogen-bond donors (Lipinski definition) is 1. The van der Waals surface area contributed by atoms with Crippen molar-refractivity contribution in [1.82, 2.24) is 14.9 Å². The summed E-state index contributed by atoms with van der Waals surface area (Å²) in [4.78, 5) is 22.6. The maximum atomic E-state index is 13.1. The van der Waals surface area contributed by atoms with Gasteiger partial charge in [0.2, 0.25) is 0 Å². The molecular formula is C24H19Cl2N3O2. The molecule has 1 aliphatic heterocycles. The molecule has 0 saturated carbocycles. The van der Waals surface area contributed by atoms with Crippen LogP contribution in [0.25, 0.3) is 22.2 Å². The number of imidazole rings is 1. The van der Waals surface area contributed by atoms with Crippen LogP contribution >= 0.6 is 23.2 Å². The zero-order valence-electron chi connectivity index (χ0n) is 16.8. The van der Waals surface area contributed by atoms with Crippen LogP contribution in [0.15, 0.2) is 54.6 Å². The molecule has 0 atom stereocenters. The molecule has 0 saturated heterocycles. The van der Waals surface area contributed by atoms with Crippen LogP contribution in [-0.2, 0) is 6.54 Å². The molecule has 0 fully saturated rings. The van der Waals surface area contributed by atoms with Crippen molar-refractivity contribution < 1.29 is 9.53 Å². The third-order valence-electron chi connectivity index (χ3n) is 5.43. The van der Waals surface area contributed by atoms with Crippen molar-refractivity contribution in [2.75, 3.05) is 13.2 Å². The number of aromatic nitrogens is 2. The normalized spacial score (nSPS) is 13.6. The third kappa shape index (κ3) is 3.87. The van der Waals surface area contributed by atoms with Gasteiger partial charge in [0.05, 0.1) is 27.6 Å². The lowest BCUT2D eigenvalue weighted by molar-refractivity contribution is 0.0733. The second kappa shape index (κ2) is 7.91. The zero-order valence-corrected chi connectivity index (χ0v) is 18.3. The molecule has 156 valence electrons. The van der Waals surface area contributed by atoms with Crippen molar-refractivity contribution in [2.45, 2.75) is 13.5 Å². The summed E-state index contributed by atoms with van der Waals surface area (Å²) in [5.74, 6) is 1.58. The van der Waals surface area contributed by atoms with Gasteiger partial charge in [0, 0.05) is 17.7 Å². The summed E-state index contributed by atoms with van der Waals surface area (Å²) in [5, 5.41) is 0.794. The molecule has 1 N–H and O–H groups in total. The van der Waals surface area contributed by atoms with E-state index in [-0.39, 0.29) is 5.91 Å². The molecular weight excluding hydrogens is 433 g/mol. The highest BCUT2D eigenvalue weighted by Gasteiger charge is 2.22. The van der Waals surface area contributed by atoms with Crippen molar-refractivity contribution in [3.8, 4) is 16.9 Å². The Morgan fingerprint density at radius 1 is 1.03 bits per heavy atom. The summed E-state index contributed by atoms with van der Waals surface area (Å²) < 4.78 is 5.91. The Morgan fingerprint density at radius 3 is 2.68 bits per heavy atom. The minimum absolute atomic E-state index is 0.102. The highest BCUT2D eigenvalue weighted by Crippen LogP contribution is 2.31. The molecule has 0 unspecified atom stereocenters. The number of H-pyrrole nitrogens is 1. The van der Waals surface area contributed by atoms with Gasteiger partial charge in [0.25, 0.3) is 5.91 Å². The fourth-order valence-corrected chi connectivity index (χ4v) is 4.17. The van der Waals surface area contributed by atoms with Gasteiger partial charge in [-0.25, -0.2) is 4.98 Å². The first-order valence-electron chi connectivity index (χ1n) is 9.95. The van der Waals surface area contributed by atoms with Crippen LogP contribution in [0.3, 0.4) is 0 Å². The number of carbonyl (C=O) groups excluding carboxylic acids is 1. The van der Waals surface area contributed by atoms with Gasteiger partial charge in [-0.05, 0) is 60.5 Å². The smallest absolute Gasteiger partial charge is 0.254 e. The molecule has 5 rings (SSSR count). The summed E-state index contributed by atoms with van der Waals surface area (Å²) in [5.41, 5.74) is 5.54. The topological polar surface area (TPSA) is 58.2 Å². The fourth-order valence-electron chi connectivity index (χ4n) is 3.88. The van der Waals surface area contributed by atoms with E-state index >= 15 is 0 Å². The van der Waals surface area contributed by atoms with E-state index in [0.29, 0.717) is 35.3 Å². The van der Waals surface area contributed by atoms with Crippen LogP contribution in [0, 0.1) is 6.92 Å². The fraction of sp³-hybridized carbons (Fsp3) is 0.167. The van der Waals surface area contributed by atoms with Crippen LogP contribution < -0.4 is 4.74 Å². The summed E-state index contributed by atoms with van der Waals surface area (Å²) in [6, 6.07) is 17.2. The number of amides is 1. The number of nitrogens with one attached hydrogen (secondary N) is 1. The first-order valence-corrected chi connectivity index (χ1v) is 10.7.